The van der Waals surface area contributed by atoms with Crippen LogP contribution in [0.25, 0.3) is 11.3 Å². The minimum atomic E-state index is -1.13. The predicted molar refractivity (Wildman–Crippen MR) is 182 cm³/mol. The van der Waals surface area contributed by atoms with Gasteiger partial charge in [0.15, 0.2) is 5.60 Å². The lowest BCUT2D eigenvalue weighted by molar-refractivity contribution is -0.169. The number of carbonyl (C=O) groups is 3. The summed E-state index contributed by atoms with van der Waals surface area (Å²) in [5.74, 6) is -1.63. The number of ether oxygens (including phenoxy) is 3. The van der Waals surface area contributed by atoms with E-state index in [4.69, 9.17) is 19.9 Å². The van der Waals surface area contributed by atoms with Gasteiger partial charge in [-0.3, -0.25) is 19.2 Å². The van der Waals surface area contributed by atoms with Crippen molar-refractivity contribution in [1.82, 2.24) is 25.2 Å². The fourth-order valence-corrected chi connectivity index (χ4v) is 7.20. The number of anilines is 1. The van der Waals surface area contributed by atoms with Crippen molar-refractivity contribution < 1.29 is 28.6 Å². The fourth-order valence-electron chi connectivity index (χ4n) is 7.20. The Morgan fingerprint density at radius 1 is 1.15 bits per heavy atom. The Morgan fingerprint density at radius 3 is 2.55 bits per heavy atom. The largest absolute Gasteiger partial charge is 0.458 e. The lowest BCUT2D eigenvalue weighted by atomic mass is 9.67. The van der Waals surface area contributed by atoms with E-state index in [1.54, 1.807) is 23.6 Å². The molecule has 2 aliphatic rings. The number of carbonyl (C=O) groups excluding carboxylic acids is 3. The highest BCUT2D eigenvalue weighted by atomic mass is 16.6. The van der Waals surface area contributed by atoms with Gasteiger partial charge in [0.2, 0.25) is 0 Å². The Kier molecular flexibility index (Phi) is 11.8. The first-order valence-electron chi connectivity index (χ1n) is 17.0. The second kappa shape index (κ2) is 15.2. The molecule has 0 aliphatic carbocycles. The molecule has 0 radical (unpaired) electrons. The van der Waals surface area contributed by atoms with Gasteiger partial charge in [-0.2, -0.15) is 0 Å². The number of esters is 1. The van der Waals surface area contributed by atoms with Crippen LogP contribution in [0.15, 0.2) is 30.5 Å². The number of nitrogen functional groups attached to an aromatic ring is 1. The average molecular weight is 653 g/mol. The van der Waals surface area contributed by atoms with Gasteiger partial charge in [0.25, 0.3) is 0 Å². The number of hydrogen-bond acceptors (Lipinski definition) is 10. The Hall–Kier alpha value is -3.45. The number of methoxy groups -OCH3 is 1. The van der Waals surface area contributed by atoms with E-state index in [1.165, 1.54) is 0 Å². The molecule has 2 aromatic rings. The van der Waals surface area contributed by atoms with Crippen molar-refractivity contribution in [2.75, 3.05) is 25.9 Å². The number of ketones is 1. The van der Waals surface area contributed by atoms with Crippen LogP contribution in [0, 0.1) is 11.8 Å². The van der Waals surface area contributed by atoms with Gasteiger partial charge < -0.3 is 25.3 Å². The zero-order chi connectivity index (χ0) is 34.5. The van der Waals surface area contributed by atoms with E-state index in [1.807, 2.05) is 59.1 Å². The van der Waals surface area contributed by atoms with Crippen LogP contribution in [-0.2, 0) is 30.3 Å². The number of aryl methyl sites for hydroxylation is 1. The van der Waals surface area contributed by atoms with Crippen LogP contribution in [0.4, 0.5) is 10.5 Å². The highest BCUT2D eigenvalue weighted by Crippen LogP contribution is 2.39. The van der Waals surface area contributed by atoms with Gasteiger partial charge in [0.05, 0.1) is 17.8 Å². The number of Topliss-reactive ketones (excluding diaryl/α,β-unsaturated/α-hetero) is 1. The summed E-state index contributed by atoms with van der Waals surface area (Å²) in [7, 11) is 3.67. The summed E-state index contributed by atoms with van der Waals surface area (Å²) in [6.45, 7) is 13.3. The third-order valence-electron chi connectivity index (χ3n) is 10.4. The van der Waals surface area contributed by atoms with Gasteiger partial charge in [0, 0.05) is 43.9 Å². The topological polar surface area (TPSA) is 151 Å². The molecule has 258 valence electrons. The number of nitrogens with one attached hydrogen (secondary N) is 1. The molecule has 0 bridgehead atoms. The molecule has 1 amide bonds. The summed E-state index contributed by atoms with van der Waals surface area (Å²) in [6.07, 6.45) is 3.51. The molecule has 2 fully saturated rings. The standard InChI is InChI=1S/C34H53BN6O6/c1-8-29-34(6)30(23(4)37-19-21(2)18-33(5,45-7)28(35)17-27(42)22(3)31(43)46-29)41(32(44)47-34)15-10-9-14-40-20-26(38-39-40)24-12-11-13-25(36)16-24/h11-13,16,20-23,28-30,37H,8-10,14-15,17-19,35-36H2,1-7H3/t21-,22-,23-,28-,29-,30-,33+,34-/m1/s1. The van der Waals surface area contributed by atoms with E-state index in [2.05, 4.69) is 29.5 Å². The molecule has 12 nitrogen and oxygen atoms in total. The molecule has 0 spiro atoms. The lowest BCUT2D eigenvalue weighted by Crippen LogP contribution is -2.60. The predicted octanol–water partition coefficient (Wildman–Crippen LogP) is 3.65. The number of benzene rings is 1. The number of nitrogens with zero attached hydrogens (tertiary/aromatic N) is 4. The van der Waals surface area contributed by atoms with Crippen LogP contribution in [0.1, 0.15) is 73.6 Å². The minimum absolute atomic E-state index is 0.100. The number of nitrogens with two attached hydrogens (primary N) is 1. The maximum atomic E-state index is 13.5. The SMILES string of the molecule is B[C@@H]1CC(=O)[C@@H](C)C(=O)O[C@H](CC)[C@@]2(C)OC(=O)N(CCCCn3cc(-c4cccc(N)c4)nn3)[C@@H]2[C@@H](C)NC[C@H](C)C[C@]1(C)OC. The number of unbranched alkanes of at least 4 members (excludes halogenated alkanes) is 1. The van der Waals surface area contributed by atoms with Crippen molar-refractivity contribution in [2.45, 2.75) is 115 Å². The van der Waals surface area contributed by atoms with Crippen molar-refractivity contribution in [3.8, 4) is 11.3 Å². The maximum Gasteiger partial charge on any atom is 0.410 e. The fraction of sp³-hybridized carbons (Fsp3) is 0.676. The van der Waals surface area contributed by atoms with E-state index in [-0.39, 0.29) is 30.0 Å². The molecule has 13 heteroatoms. The quantitative estimate of drug-likeness (QED) is 0.142. The molecule has 0 saturated carbocycles. The van der Waals surface area contributed by atoms with Crippen LogP contribution < -0.4 is 11.1 Å². The number of aromatic nitrogens is 3. The molecule has 8 atom stereocenters. The molecule has 1 aromatic carbocycles. The summed E-state index contributed by atoms with van der Waals surface area (Å²) >= 11 is 0. The smallest absolute Gasteiger partial charge is 0.410 e. The Morgan fingerprint density at radius 2 is 1.87 bits per heavy atom. The van der Waals surface area contributed by atoms with Crippen molar-refractivity contribution in [3.63, 3.8) is 0 Å². The van der Waals surface area contributed by atoms with E-state index in [0.29, 0.717) is 38.2 Å². The van der Waals surface area contributed by atoms with Crippen LogP contribution in [0.3, 0.4) is 0 Å². The highest BCUT2D eigenvalue weighted by Gasteiger charge is 2.58. The lowest BCUT2D eigenvalue weighted by Gasteiger charge is -2.41. The van der Waals surface area contributed by atoms with Crippen LogP contribution >= 0.6 is 0 Å². The number of amides is 1. The molecular formula is C34H53BN6O6. The average Bonchev–Trinajstić information content (AvgIpc) is 3.61. The van der Waals surface area contributed by atoms with E-state index >= 15 is 0 Å². The number of cyclic esters (lactones) is 1. The number of hydrogen-bond donors (Lipinski definition) is 2. The second-order valence-corrected chi connectivity index (χ2v) is 14.0. The van der Waals surface area contributed by atoms with Crippen LogP contribution in [0.5, 0.6) is 0 Å². The third kappa shape index (κ3) is 8.17. The van der Waals surface area contributed by atoms with E-state index < -0.39 is 41.3 Å². The minimum Gasteiger partial charge on any atom is -0.458 e. The molecule has 47 heavy (non-hydrogen) atoms. The molecule has 4 rings (SSSR count). The van der Waals surface area contributed by atoms with E-state index in [0.717, 1.165) is 24.1 Å². The van der Waals surface area contributed by atoms with Crippen LogP contribution in [0.2, 0.25) is 5.82 Å². The first-order valence-corrected chi connectivity index (χ1v) is 17.0. The van der Waals surface area contributed by atoms with Gasteiger partial charge in [0.1, 0.15) is 31.3 Å². The van der Waals surface area contributed by atoms with E-state index in [9.17, 15) is 14.4 Å². The van der Waals surface area contributed by atoms with Crippen molar-refractivity contribution in [3.05, 3.63) is 30.5 Å². The Balaban J connectivity index is 1.52. The van der Waals surface area contributed by atoms with Gasteiger partial charge in [-0.25, -0.2) is 4.79 Å². The summed E-state index contributed by atoms with van der Waals surface area (Å²) < 4.78 is 19.9. The number of fused-ring (bicyclic) bond motifs is 1. The third-order valence-corrected chi connectivity index (χ3v) is 10.4. The molecule has 2 aliphatic heterocycles. The van der Waals surface area contributed by atoms with Gasteiger partial charge >= 0.3 is 12.1 Å². The first kappa shape index (κ1) is 36.4. The molecule has 3 N–H and O–H groups in total. The molecule has 0 unspecified atom stereocenters. The zero-order valence-electron chi connectivity index (χ0n) is 29.3. The Bertz CT molecular complexity index is 1410. The summed E-state index contributed by atoms with van der Waals surface area (Å²) in [4.78, 5) is 42.0. The number of rotatable bonds is 8. The van der Waals surface area contributed by atoms with Gasteiger partial charge in [-0.1, -0.05) is 31.2 Å². The molecular weight excluding hydrogens is 599 g/mol. The molecule has 1 aromatic heterocycles. The summed E-state index contributed by atoms with van der Waals surface area (Å²) in [6, 6.07) is 6.91. The second-order valence-electron chi connectivity index (χ2n) is 14.0. The van der Waals surface area contributed by atoms with Crippen molar-refractivity contribution >= 4 is 31.4 Å². The van der Waals surface area contributed by atoms with Gasteiger partial charge in [-0.15, -0.1) is 5.10 Å². The van der Waals surface area contributed by atoms with Crippen molar-refractivity contribution in [1.29, 1.82) is 0 Å². The normalized spacial score (nSPS) is 32.7. The zero-order valence-corrected chi connectivity index (χ0v) is 29.3. The summed E-state index contributed by atoms with van der Waals surface area (Å²) in [5.41, 5.74) is 6.56. The Labute approximate surface area is 279 Å². The maximum absolute atomic E-state index is 13.5. The monoisotopic (exact) mass is 652 g/mol. The molecule has 2 saturated heterocycles. The van der Waals surface area contributed by atoms with Gasteiger partial charge in [-0.05, 0) is 83.8 Å². The highest BCUT2D eigenvalue weighted by molar-refractivity contribution is 6.15. The van der Waals surface area contributed by atoms with Crippen LogP contribution in [-0.4, -0.2) is 95.2 Å². The summed E-state index contributed by atoms with van der Waals surface area (Å²) in [5, 5.41) is 12.2. The van der Waals surface area contributed by atoms with Crippen molar-refractivity contribution in [2.24, 2.45) is 11.8 Å². The molecule has 3 heterocycles. The first-order chi connectivity index (χ1) is 22.2.